The van der Waals surface area contributed by atoms with E-state index in [1.807, 2.05) is 30.3 Å². The van der Waals surface area contributed by atoms with Gasteiger partial charge in [-0.2, -0.15) is 4.31 Å². The highest BCUT2D eigenvalue weighted by molar-refractivity contribution is 7.92. The number of hydrogen-bond acceptors (Lipinski definition) is 5. The van der Waals surface area contributed by atoms with Gasteiger partial charge in [-0.25, -0.2) is 13.8 Å². The average molecular weight is 391 g/mol. The van der Waals surface area contributed by atoms with Gasteiger partial charge < -0.3 is 4.90 Å². The fraction of sp³-hybridized carbons (Fsp3) is 0.526. The van der Waals surface area contributed by atoms with E-state index in [1.165, 1.54) is 22.6 Å². The fourth-order valence-electron chi connectivity index (χ4n) is 3.75. The zero-order valence-electron chi connectivity index (χ0n) is 15.3. The Hall–Kier alpha value is -1.74. The van der Waals surface area contributed by atoms with Crippen LogP contribution in [0.4, 0.5) is 0 Å². The summed E-state index contributed by atoms with van der Waals surface area (Å²) >= 11 is 0. The van der Waals surface area contributed by atoms with Crippen LogP contribution in [0.3, 0.4) is 0 Å². The van der Waals surface area contributed by atoms with E-state index < -0.39 is 10.0 Å². The van der Waals surface area contributed by atoms with Gasteiger partial charge >= 0.3 is 0 Å². The molecule has 0 radical (unpaired) electrons. The number of hydrazine groups is 1. The Morgan fingerprint density at radius 3 is 2.41 bits per heavy atom. The average Bonchev–Trinajstić information content (AvgIpc) is 3.44. The van der Waals surface area contributed by atoms with E-state index in [1.54, 1.807) is 11.0 Å². The van der Waals surface area contributed by atoms with Crippen molar-refractivity contribution in [2.45, 2.75) is 31.3 Å². The van der Waals surface area contributed by atoms with Crippen LogP contribution in [0.2, 0.25) is 0 Å². The fourth-order valence-corrected chi connectivity index (χ4v) is 4.92. The van der Waals surface area contributed by atoms with Crippen LogP contribution in [0.15, 0.2) is 35.7 Å². The van der Waals surface area contributed by atoms with Crippen molar-refractivity contribution in [1.29, 1.82) is 0 Å². The van der Waals surface area contributed by atoms with Gasteiger partial charge in [-0.05, 0) is 36.8 Å². The SMILES string of the molecule is O=C(C1CC(C2CC2)NN1)N1CCN(S(=O)(=O)/C=C/c2ccccc2)CC1. The van der Waals surface area contributed by atoms with Gasteiger partial charge in [-0.1, -0.05) is 30.3 Å². The molecule has 27 heavy (non-hydrogen) atoms. The molecule has 1 saturated carbocycles. The van der Waals surface area contributed by atoms with Crippen molar-refractivity contribution >= 4 is 22.0 Å². The molecule has 0 spiro atoms. The summed E-state index contributed by atoms with van der Waals surface area (Å²) in [5, 5.41) is 1.25. The Morgan fingerprint density at radius 1 is 1.04 bits per heavy atom. The molecular formula is C19H26N4O3S. The standard InChI is InChI=1S/C19H26N4O3S/c24-19(18-14-17(20-21-18)16-6-7-16)22-9-11-23(12-10-22)27(25,26)13-8-15-4-2-1-3-5-15/h1-5,8,13,16-18,20-21H,6-7,9-12,14H2/b13-8+. The van der Waals surface area contributed by atoms with Gasteiger partial charge in [-0.15, -0.1) is 0 Å². The lowest BCUT2D eigenvalue weighted by molar-refractivity contribution is -0.134. The Morgan fingerprint density at radius 2 is 1.74 bits per heavy atom. The molecule has 2 atom stereocenters. The molecule has 1 aliphatic carbocycles. The van der Waals surface area contributed by atoms with Crippen LogP contribution in [-0.2, 0) is 14.8 Å². The van der Waals surface area contributed by atoms with Crippen LogP contribution in [0.5, 0.6) is 0 Å². The minimum Gasteiger partial charge on any atom is -0.339 e. The first-order valence-corrected chi connectivity index (χ1v) is 11.1. The quantitative estimate of drug-likeness (QED) is 0.776. The van der Waals surface area contributed by atoms with Crippen LogP contribution in [0.25, 0.3) is 6.08 Å². The summed E-state index contributed by atoms with van der Waals surface area (Å²) in [6.07, 6.45) is 4.92. The molecule has 3 aliphatic rings. The highest BCUT2D eigenvalue weighted by atomic mass is 32.2. The molecule has 1 aromatic carbocycles. The van der Waals surface area contributed by atoms with E-state index in [2.05, 4.69) is 10.9 Å². The number of carbonyl (C=O) groups excluding carboxylic acids is 1. The molecule has 2 saturated heterocycles. The molecule has 1 amide bonds. The van der Waals surface area contributed by atoms with Gasteiger partial charge in [0.15, 0.2) is 0 Å². The zero-order chi connectivity index (χ0) is 18.9. The van der Waals surface area contributed by atoms with Gasteiger partial charge in [0.05, 0.1) is 0 Å². The smallest absolute Gasteiger partial charge is 0.241 e. The summed E-state index contributed by atoms with van der Waals surface area (Å²) in [4.78, 5) is 14.5. The van der Waals surface area contributed by atoms with Crippen LogP contribution < -0.4 is 10.9 Å². The van der Waals surface area contributed by atoms with E-state index in [4.69, 9.17) is 0 Å². The Balaban J connectivity index is 1.30. The number of hydrogen-bond donors (Lipinski definition) is 2. The van der Waals surface area contributed by atoms with E-state index >= 15 is 0 Å². The molecule has 1 aromatic rings. The summed E-state index contributed by atoms with van der Waals surface area (Å²) in [6, 6.07) is 9.55. The maximum Gasteiger partial charge on any atom is 0.241 e. The van der Waals surface area contributed by atoms with Crippen molar-refractivity contribution in [3.8, 4) is 0 Å². The van der Waals surface area contributed by atoms with Crippen molar-refractivity contribution in [2.24, 2.45) is 5.92 Å². The Kier molecular flexibility index (Phi) is 5.32. The number of piperazine rings is 1. The Bertz CT molecular complexity index is 800. The summed E-state index contributed by atoms with van der Waals surface area (Å²) in [7, 11) is -3.47. The Labute approximate surface area is 160 Å². The molecular weight excluding hydrogens is 364 g/mol. The second-order valence-electron chi connectivity index (χ2n) is 7.50. The van der Waals surface area contributed by atoms with E-state index in [0.29, 0.717) is 38.1 Å². The summed E-state index contributed by atoms with van der Waals surface area (Å²) in [5.41, 5.74) is 7.21. The van der Waals surface area contributed by atoms with Crippen molar-refractivity contribution in [2.75, 3.05) is 26.2 Å². The summed E-state index contributed by atoms with van der Waals surface area (Å²) < 4.78 is 26.5. The third-order valence-corrected chi connectivity index (χ3v) is 7.13. The molecule has 7 nitrogen and oxygen atoms in total. The number of carbonyl (C=O) groups is 1. The normalized spacial score (nSPS) is 27.3. The topological polar surface area (TPSA) is 81.8 Å². The number of sulfonamides is 1. The van der Waals surface area contributed by atoms with Gasteiger partial charge in [0.1, 0.15) is 6.04 Å². The lowest BCUT2D eigenvalue weighted by Crippen LogP contribution is -2.54. The van der Waals surface area contributed by atoms with Crippen molar-refractivity contribution < 1.29 is 13.2 Å². The highest BCUT2D eigenvalue weighted by Gasteiger charge is 2.40. The van der Waals surface area contributed by atoms with Crippen LogP contribution >= 0.6 is 0 Å². The first-order chi connectivity index (χ1) is 13.0. The third-order valence-electron chi connectivity index (χ3n) is 5.56. The second kappa shape index (κ2) is 7.71. The monoisotopic (exact) mass is 390 g/mol. The van der Waals surface area contributed by atoms with E-state index in [-0.39, 0.29) is 11.9 Å². The number of amides is 1. The van der Waals surface area contributed by atoms with Gasteiger partial charge in [0, 0.05) is 37.6 Å². The van der Waals surface area contributed by atoms with Crippen LogP contribution in [0.1, 0.15) is 24.8 Å². The first-order valence-electron chi connectivity index (χ1n) is 9.56. The number of nitrogens with one attached hydrogen (secondary N) is 2. The molecule has 2 aliphatic heterocycles. The minimum atomic E-state index is -3.47. The van der Waals surface area contributed by atoms with Crippen molar-refractivity contribution in [3.05, 3.63) is 41.3 Å². The molecule has 2 unspecified atom stereocenters. The lowest BCUT2D eigenvalue weighted by atomic mass is 10.1. The molecule has 4 rings (SSSR count). The molecule has 8 heteroatoms. The maximum atomic E-state index is 12.7. The summed E-state index contributed by atoms with van der Waals surface area (Å²) in [6.45, 7) is 1.53. The number of rotatable bonds is 5. The number of benzene rings is 1. The first kappa shape index (κ1) is 18.6. The van der Waals surface area contributed by atoms with Gasteiger partial charge in [0.2, 0.25) is 15.9 Å². The van der Waals surface area contributed by atoms with Crippen molar-refractivity contribution in [3.63, 3.8) is 0 Å². The van der Waals surface area contributed by atoms with Crippen LogP contribution in [0, 0.1) is 5.92 Å². The molecule has 0 bridgehead atoms. The molecule has 146 valence electrons. The molecule has 0 aromatic heterocycles. The van der Waals surface area contributed by atoms with Gasteiger partial charge in [-0.3, -0.25) is 10.2 Å². The van der Waals surface area contributed by atoms with E-state index in [9.17, 15) is 13.2 Å². The van der Waals surface area contributed by atoms with E-state index in [0.717, 1.165) is 12.0 Å². The largest absolute Gasteiger partial charge is 0.339 e. The van der Waals surface area contributed by atoms with Crippen LogP contribution in [-0.4, -0.2) is 61.8 Å². The second-order valence-corrected chi connectivity index (χ2v) is 9.32. The minimum absolute atomic E-state index is 0.0718. The zero-order valence-corrected chi connectivity index (χ0v) is 16.1. The molecule has 3 fully saturated rings. The summed E-state index contributed by atoms with van der Waals surface area (Å²) in [5.74, 6) is 0.774. The maximum absolute atomic E-state index is 12.7. The lowest BCUT2D eigenvalue weighted by Gasteiger charge is -2.34. The van der Waals surface area contributed by atoms with Gasteiger partial charge in [0.25, 0.3) is 0 Å². The highest BCUT2D eigenvalue weighted by Crippen LogP contribution is 2.35. The van der Waals surface area contributed by atoms with Crippen molar-refractivity contribution in [1.82, 2.24) is 20.1 Å². The predicted molar refractivity (Wildman–Crippen MR) is 104 cm³/mol. The number of nitrogens with zero attached hydrogens (tertiary/aromatic N) is 2. The molecule has 2 N–H and O–H groups in total. The molecule has 2 heterocycles. The third kappa shape index (κ3) is 4.40. The predicted octanol–water partition coefficient (Wildman–Crippen LogP) is 0.776.